The van der Waals surface area contributed by atoms with Gasteiger partial charge in [0.1, 0.15) is 29.0 Å². The molecular weight excluding hydrogens is 611 g/mol. The monoisotopic (exact) mass is 643 g/mol. The Morgan fingerprint density at radius 3 is 1.85 bits per heavy atom. The first-order valence-electron chi connectivity index (χ1n) is 16.3. The van der Waals surface area contributed by atoms with Gasteiger partial charge in [0.25, 0.3) is 0 Å². The molecule has 2 bridgehead atoms. The van der Waals surface area contributed by atoms with E-state index in [9.17, 15) is 4.79 Å². The first kappa shape index (κ1) is 30.1. The van der Waals surface area contributed by atoms with Crippen molar-refractivity contribution in [1.29, 1.82) is 0 Å². The highest BCUT2D eigenvalue weighted by atomic mass is 19.1. The highest BCUT2D eigenvalue weighted by Gasteiger charge is 2.45. The molecule has 3 aromatic heterocycles. The van der Waals surface area contributed by atoms with Crippen LogP contribution in [0.1, 0.15) is 42.4 Å². The molecule has 0 radical (unpaired) electrons. The fourth-order valence-electron chi connectivity index (χ4n) is 8.09. The third-order valence-corrected chi connectivity index (χ3v) is 10.3. The van der Waals surface area contributed by atoms with Crippen LogP contribution in [0.4, 0.5) is 19.0 Å². The van der Waals surface area contributed by atoms with Crippen LogP contribution in [0.15, 0.2) is 109 Å². The van der Waals surface area contributed by atoms with Gasteiger partial charge in [-0.2, -0.15) is 5.10 Å². The number of aldehydes is 1. The average molecular weight is 644 g/mol. The maximum Gasteiger partial charge on any atom is 0.168 e. The Hall–Kier alpha value is -5.31. The van der Waals surface area contributed by atoms with Gasteiger partial charge in [-0.15, -0.1) is 0 Å². The van der Waals surface area contributed by atoms with E-state index < -0.39 is 23.0 Å². The van der Waals surface area contributed by atoms with Crippen LogP contribution in [0.5, 0.6) is 0 Å². The molecule has 6 nitrogen and oxygen atoms in total. The lowest BCUT2D eigenvalue weighted by Gasteiger charge is -2.46. The highest BCUT2D eigenvalue weighted by molar-refractivity contribution is 5.91. The van der Waals surface area contributed by atoms with E-state index in [1.54, 1.807) is 4.68 Å². The normalized spacial score (nSPS) is 20.6. The number of carbonyl (C=O) groups is 1. The lowest BCUT2D eigenvalue weighted by molar-refractivity contribution is -0.116. The van der Waals surface area contributed by atoms with Crippen LogP contribution in [0.3, 0.4) is 0 Å². The Balaban J connectivity index is 1.37. The molecule has 6 aromatic rings. The predicted octanol–water partition coefficient (Wildman–Crippen LogP) is 8.17. The van der Waals surface area contributed by atoms with Crippen molar-refractivity contribution in [3.8, 4) is 11.4 Å². The van der Waals surface area contributed by atoms with Crippen LogP contribution in [0.2, 0.25) is 0 Å². The van der Waals surface area contributed by atoms with E-state index in [1.165, 1.54) is 6.07 Å². The van der Waals surface area contributed by atoms with Crippen molar-refractivity contribution in [3.05, 3.63) is 143 Å². The standard InChI is InChI=1S/C39H32F3N5O/c40-29-20-30-35(36-32(41)21-33(42)37(45-36)44-34-25-18-16-24(17-19-25)31(34)23-48)46-47(38(30)43-22-29)39(26-10-4-1-5-11-26,27-12-6-2-7-13-27)28-14-8-3-9-15-28/h1-15,20-25,31,34H,16-19H2,(H,44,45)/t24?,25?,31-,34?/m0/s1. The van der Waals surface area contributed by atoms with Gasteiger partial charge in [-0.05, 0) is 60.3 Å². The summed E-state index contributed by atoms with van der Waals surface area (Å²) in [5.74, 6) is -2.50. The van der Waals surface area contributed by atoms with E-state index in [1.807, 2.05) is 91.0 Å². The number of nitrogens with zero attached hydrogens (tertiary/aromatic N) is 4. The van der Waals surface area contributed by atoms with Crippen LogP contribution in [0, 0.1) is 35.2 Å². The number of halogens is 3. The van der Waals surface area contributed by atoms with Crippen molar-refractivity contribution in [2.24, 2.45) is 17.8 Å². The summed E-state index contributed by atoms with van der Waals surface area (Å²) in [7, 11) is 0. The number of aromatic nitrogens is 4. The molecule has 1 unspecified atom stereocenters. The third kappa shape index (κ3) is 4.79. The van der Waals surface area contributed by atoms with Crippen LogP contribution in [-0.2, 0) is 10.3 Å². The zero-order valence-corrected chi connectivity index (χ0v) is 25.9. The van der Waals surface area contributed by atoms with Crippen molar-refractivity contribution < 1.29 is 18.0 Å². The second-order valence-electron chi connectivity index (χ2n) is 12.8. The highest BCUT2D eigenvalue weighted by Crippen LogP contribution is 2.46. The Bertz CT molecular complexity index is 2000. The first-order valence-corrected chi connectivity index (χ1v) is 16.3. The minimum Gasteiger partial charge on any atom is -0.364 e. The molecule has 2 atom stereocenters. The van der Waals surface area contributed by atoms with Gasteiger partial charge in [0.15, 0.2) is 23.1 Å². The molecule has 0 amide bonds. The summed E-state index contributed by atoms with van der Waals surface area (Å²) >= 11 is 0. The predicted molar refractivity (Wildman–Crippen MR) is 178 cm³/mol. The molecule has 3 aliphatic carbocycles. The average Bonchev–Trinajstić information content (AvgIpc) is 3.50. The van der Waals surface area contributed by atoms with Crippen molar-refractivity contribution >= 4 is 23.1 Å². The number of anilines is 1. The lowest BCUT2D eigenvalue weighted by Crippen LogP contribution is -2.49. The molecule has 9 rings (SSSR count). The van der Waals surface area contributed by atoms with E-state index in [2.05, 4.69) is 15.3 Å². The van der Waals surface area contributed by atoms with E-state index in [-0.39, 0.29) is 52.0 Å². The Morgan fingerprint density at radius 2 is 1.29 bits per heavy atom. The van der Waals surface area contributed by atoms with Crippen LogP contribution >= 0.6 is 0 Å². The Kier molecular flexibility index (Phi) is 7.54. The Morgan fingerprint density at radius 1 is 0.729 bits per heavy atom. The van der Waals surface area contributed by atoms with E-state index in [4.69, 9.17) is 5.10 Å². The number of hydrogen-bond acceptors (Lipinski definition) is 5. The molecule has 0 saturated heterocycles. The Labute approximate surface area is 275 Å². The van der Waals surface area contributed by atoms with Crippen molar-refractivity contribution in [2.45, 2.75) is 37.3 Å². The maximum atomic E-state index is 15.9. The number of fused-ring (bicyclic) bond motifs is 4. The number of rotatable bonds is 8. The van der Waals surface area contributed by atoms with E-state index in [0.29, 0.717) is 0 Å². The number of carbonyl (C=O) groups excluding carboxylic acids is 1. The molecule has 3 saturated carbocycles. The molecule has 3 aliphatic rings. The van der Waals surface area contributed by atoms with Gasteiger partial charge in [0.05, 0.1) is 11.6 Å². The summed E-state index contributed by atoms with van der Waals surface area (Å²) in [6.07, 6.45) is 5.85. The first-order chi connectivity index (χ1) is 23.5. The molecule has 3 aromatic carbocycles. The second-order valence-corrected chi connectivity index (χ2v) is 12.8. The molecule has 3 fully saturated rings. The van der Waals surface area contributed by atoms with Gasteiger partial charge in [0.2, 0.25) is 0 Å². The topological polar surface area (TPSA) is 72.7 Å². The molecule has 48 heavy (non-hydrogen) atoms. The number of hydrogen-bond donors (Lipinski definition) is 1. The van der Waals surface area contributed by atoms with Gasteiger partial charge in [-0.3, -0.25) is 0 Å². The van der Waals surface area contributed by atoms with Crippen LogP contribution in [0.25, 0.3) is 22.4 Å². The summed E-state index contributed by atoms with van der Waals surface area (Å²) in [5, 5.41) is 8.43. The van der Waals surface area contributed by atoms with Gasteiger partial charge in [-0.1, -0.05) is 91.0 Å². The molecule has 1 N–H and O–H groups in total. The SMILES string of the molecule is O=C[C@H]1C2CCC(CC2)C1Nc1nc(-c2nn(C(c3ccccc3)(c3ccccc3)c3ccccc3)c3ncc(F)cc23)c(F)cc1F. The van der Waals surface area contributed by atoms with Crippen LogP contribution in [-0.4, -0.2) is 32.1 Å². The minimum absolute atomic E-state index is 0.0156. The second kappa shape index (κ2) is 12.0. The summed E-state index contributed by atoms with van der Waals surface area (Å²) in [6.45, 7) is 0. The number of pyridine rings is 2. The van der Waals surface area contributed by atoms with Crippen molar-refractivity contribution in [2.75, 3.05) is 5.32 Å². The zero-order valence-electron chi connectivity index (χ0n) is 25.9. The van der Waals surface area contributed by atoms with Crippen molar-refractivity contribution in [1.82, 2.24) is 19.7 Å². The summed E-state index contributed by atoms with van der Waals surface area (Å²) < 4.78 is 48.1. The van der Waals surface area contributed by atoms with Crippen LogP contribution < -0.4 is 5.32 Å². The van der Waals surface area contributed by atoms with E-state index >= 15 is 13.2 Å². The molecular formula is C39H32F3N5O. The molecule has 3 heterocycles. The molecule has 0 aliphatic heterocycles. The zero-order chi connectivity index (χ0) is 32.8. The van der Waals surface area contributed by atoms with E-state index in [0.717, 1.165) is 60.9 Å². The minimum atomic E-state index is -1.14. The molecule has 0 spiro atoms. The largest absolute Gasteiger partial charge is 0.364 e. The fraction of sp³-hybridized carbons (Fsp3) is 0.231. The quantitative estimate of drug-likeness (QED) is 0.134. The summed E-state index contributed by atoms with van der Waals surface area (Å²) in [4.78, 5) is 21.1. The summed E-state index contributed by atoms with van der Waals surface area (Å²) in [5.41, 5.74) is 1.43. The summed E-state index contributed by atoms with van der Waals surface area (Å²) in [6, 6.07) is 31.0. The van der Waals surface area contributed by atoms with Gasteiger partial charge in [-0.25, -0.2) is 27.8 Å². The van der Waals surface area contributed by atoms with Crippen molar-refractivity contribution in [3.63, 3.8) is 0 Å². The fourth-order valence-corrected chi connectivity index (χ4v) is 8.09. The maximum absolute atomic E-state index is 15.9. The van der Waals surface area contributed by atoms with Gasteiger partial charge < -0.3 is 10.1 Å². The third-order valence-electron chi connectivity index (χ3n) is 10.3. The smallest absolute Gasteiger partial charge is 0.168 e. The van der Waals surface area contributed by atoms with Gasteiger partial charge >= 0.3 is 0 Å². The number of benzene rings is 3. The van der Waals surface area contributed by atoms with Gasteiger partial charge in [0, 0.05) is 18.0 Å². The lowest BCUT2D eigenvalue weighted by atomic mass is 9.62. The number of nitrogens with one attached hydrogen (secondary N) is 1. The molecule has 9 heteroatoms. The molecule has 240 valence electrons.